The van der Waals surface area contributed by atoms with Crippen LogP contribution < -0.4 is 16.0 Å². The number of nitrogens with zero attached hydrogens (tertiary/aromatic N) is 1. The Morgan fingerprint density at radius 3 is 2.36 bits per heavy atom. The molecular formula is C24H22N4O4S. The highest BCUT2D eigenvalue weighted by molar-refractivity contribution is 7.12. The minimum absolute atomic E-state index is 0.247. The van der Waals surface area contributed by atoms with Crippen LogP contribution in [0.2, 0.25) is 0 Å². The summed E-state index contributed by atoms with van der Waals surface area (Å²) in [6, 6.07) is 16.8. The number of imide groups is 1. The minimum Gasteiger partial charge on any atom is -0.324 e. The molecule has 168 valence electrons. The van der Waals surface area contributed by atoms with E-state index in [-0.39, 0.29) is 5.91 Å². The lowest BCUT2D eigenvalue weighted by Gasteiger charge is -2.22. The predicted octanol–water partition coefficient (Wildman–Crippen LogP) is 3.71. The average Bonchev–Trinajstić information content (AvgIpc) is 3.39. The number of carbonyl (C=O) groups is 4. The number of rotatable bonds is 6. The molecule has 0 radical (unpaired) electrons. The second kappa shape index (κ2) is 8.87. The van der Waals surface area contributed by atoms with E-state index < -0.39 is 29.9 Å². The van der Waals surface area contributed by atoms with Gasteiger partial charge in [0.2, 0.25) is 5.91 Å². The van der Waals surface area contributed by atoms with Crippen LogP contribution in [0.1, 0.15) is 27.7 Å². The Balaban J connectivity index is 1.41. The third-order valence-electron chi connectivity index (χ3n) is 5.35. The first kappa shape index (κ1) is 22.2. The molecule has 1 aromatic heterocycles. The molecule has 3 N–H and O–H groups in total. The fraction of sp³-hybridized carbons (Fsp3) is 0.167. The van der Waals surface area contributed by atoms with Crippen molar-refractivity contribution in [1.29, 1.82) is 0 Å². The largest absolute Gasteiger partial charge is 0.325 e. The van der Waals surface area contributed by atoms with E-state index in [1.165, 1.54) is 11.3 Å². The second-order valence-corrected chi connectivity index (χ2v) is 8.82. The SMILES string of the molecule is Cc1ccc(C2(C)NC(=O)N(CC(=O)Nc3cccc(NC(=O)c4cccs4)c3)C2=O)cc1. The summed E-state index contributed by atoms with van der Waals surface area (Å²) < 4.78 is 0. The topological polar surface area (TPSA) is 108 Å². The molecule has 9 heteroatoms. The molecule has 8 nitrogen and oxygen atoms in total. The van der Waals surface area contributed by atoms with Crippen LogP contribution in [0.25, 0.3) is 0 Å². The molecular weight excluding hydrogens is 440 g/mol. The molecule has 1 aliphatic rings. The monoisotopic (exact) mass is 462 g/mol. The Hall–Kier alpha value is -3.98. The quantitative estimate of drug-likeness (QED) is 0.485. The van der Waals surface area contributed by atoms with E-state index in [2.05, 4.69) is 16.0 Å². The van der Waals surface area contributed by atoms with Gasteiger partial charge in [-0.25, -0.2) is 4.79 Å². The highest BCUT2D eigenvalue weighted by atomic mass is 32.1. The molecule has 0 saturated carbocycles. The number of benzene rings is 2. The number of hydrogen-bond acceptors (Lipinski definition) is 5. The fourth-order valence-electron chi connectivity index (χ4n) is 3.54. The van der Waals surface area contributed by atoms with Gasteiger partial charge in [-0.2, -0.15) is 0 Å². The van der Waals surface area contributed by atoms with Crippen molar-refractivity contribution in [1.82, 2.24) is 10.2 Å². The van der Waals surface area contributed by atoms with E-state index in [1.54, 1.807) is 55.5 Å². The molecule has 4 rings (SSSR count). The van der Waals surface area contributed by atoms with Crippen LogP contribution in [0.4, 0.5) is 16.2 Å². The van der Waals surface area contributed by atoms with Crippen molar-refractivity contribution in [2.75, 3.05) is 17.2 Å². The van der Waals surface area contributed by atoms with Gasteiger partial charge in [0.1, 0.15) is 12.1 Å². The fourth-order valence-corrected chi connectivity index (χ4v) is 4.16. The maximum atomic E-state index is 13.0. The van der Waals surface area contributed by atoms with Crippen LogP contribution >= 0.6 is 11.3 Å². The molecule has 2 aromatic carbocycles. The van der Waals surface area contributed by atoms with Gasteiger partial charge in [-0.1, -0.05) is 42.0 Å². The summed E-state index contributed by atoms with van der Waals surface area (Å²) in [6.07, 6.45) is 0. The zero-order chi connectivity index (χ0) is 23.6. The maximum absolute atomic E-state index is 13.0. The lowest BCUT2D eigenvalue weighted by Crippen LogP contribution is -2.42. The number of anilines is 2. The Bertz CT molecular complexity index is 1220. The van der Waals surface area contributed by atoms with Gasteiger partial charge in [0.25, 0.3) is 11.8 Å². The molecule has 1 aliphatic heterocycles. The molecule has 1 fully saturated rings. The van der Waals surface area contributed by atoms with E-state index >= 15 is 0 Å². The molecule has 3 aromatic rings. The number of carbonyl (C=O) groups excluding carboxylic acids is 4. The van der Waals surface area contributed by atoms with E-state index in [1.807, 2.05) is 24.4 Å². The molecule has 5 amide bonds. The number of thiophene rings is 1. The van der Waals surface area contributed by atoms with Crippen LogP contribution in [0, 0.1) is 6.92 Å². The third kappa shape index (κ3) is 4.63. The van der Waals surface area contributed by atoms with Crippen LogP contribution in [0.15, 0.2) is 66.0 Å². The zero-order valence-corrected chi connectivity index (χ0v) is 18.9. The van der Waals surface area contributed by atoms with Crippen LogP contribution in [-0.4, -0.2) is 35.2 Å². The standard InChI is InChI=1S/C24H22N4O4S/c1-15-8-10-16(11-9-15)24(2)22(31)28(23(32)27-24)14-20(29)25-17-5-3-6-18(13-17)26-21(30)19-7-4-12-33-19/h3-13H,14H2,1-2H3,(H,25,29)(H,26,30)(H,27,32). The normalized spacial score (nSPS) is 17.6. The summed E-state index contributed by atoms with van der Waals surface area (Å²) in [5, 5.41) is 9.94. The van der Waals surface area contributed by atoms with Crippen molar-refractivity contribution >= 4 is 46.5 Å². The number of nitrogens with one attached hydrogen (secondary N) is 3. The summed E-state index contributed by atoms with van der Waals surface area (Å²) in [5.41, 5.74) is 1.37. The van der Waals surface area contributed by atoms with E-state index in [4.69, 9.17) is 0 Å². The molecule has 1 saturated heterocycles. The van der Waals surface area contributed by atoms with Crippen molar-refractivity contribution in [3.8, 4) is 0 Å². The number of urea groups is 1. The van der Waals surface area contributed by atoms with Gasteiger partial charge in [-0.3, -0.25) is 19.3 Å². The summed E-state index contributed by atoms with van der Waals surface area (Å²) in [6.45, 7) is 3.12. The molecule has 33 heavy (non-hydrogen) atoms. The van der Waals surface area contributed by atoms with Gasteiger partial charge in [0.05, 0.1) is 4.88 Å². The van der Waals surface area contributed by atoms with Crippen LogP contribution in [0.3, 0.4) is 0 Å². The van der Waals surface area contributed by atoms with Crippen molar-refractivity contribution in [3.63, 3.8) is 0 Å². The minimum atomic E-state index is -1.24. The summed E-state index contributed by atoms with van der Waals surface area (Å²) in [4.78, 5) is 51.8. The molecule has 1 atom stereocenters. The Labute approximate surface area is 194 Å². The first-order chi connectivity index (χ1) is 15.8. The lowest BCUT2D eigenvalue weighted by molar-refractivity contribution is -0.133. The average molecular weight is 463 g/mol. The molecule has 1 unspecified atom stereocenters. The molecule has 0 spiro atoms. The van der Waals surface area contributed by atoms with Gasteiger partial charge in [0.15, 0.2) is 0 Å². The lowest BCUT2D eigenvalue weighted by atomic mass is 9.91. The highest BCUT2D eigenvalue weighted by Crippen LogP contribution is 2.29. The van der Waals surface area contributed by atoms with E-state index in [0.717, 1.165) is 10.5 Å². The van der Waals surface area contributed by atoms with Crippen molar-refractivity contribution in [3.05, 3.63) is 82.0 Å². The molecule has 0 aliphatic carbocycles. The number of hydrogen-bond donors (Lipinski definition) is 3. The van der Waals surface area contributed by atoms with E-state index in [9.17, 15) is 19.2 Å². The summed E-state index contributed by atoms with van der Waals surface area (Å²) in [7, 11) is 0. The maximum Gasteiger partial charge on any atom is 0.325 e. The van der Waals surface area contributed by atoms with Crippen molar-refractivity contribution < 1.29 is 19.2 Å². The highest BCUT2D eigenvalue weighted by Gasteiger charge is 2.49. The zero-order valence-electron chi connectivity index (χ0n) is 18.0. The molecule has 2 heterocycles. The molecule has 0 bridgehead atoms. The van der Waals surface area contributed by atoms with Crippen LogP contribution in [0.5, 0.6) is 0 Å². The second-order valence-electron chi connectivity index (χ2n) is 7.87. The predicted molar refractivity (Wildman–Crippen MR) is 126 cm³/mol. The summed E-state index contributed by atoms with van der Waals surface area (Å²) in [5.74, 6) is -1.28. The van der Waals surface area contributed by atoms with Crippen molar-refractivity contribution in [2.45, 2.75) is 19.4 Å². The van der Waals surface area contributed by atoms with E-state index in [0.29, 0.717) is 21.8 Å². The number of aryl methyl sites for hydroxylation is 1. The van der Waals surface area contributed by atoms with Gasteiger partial charge >= 0.3 is 6.03 Å². The third-order valence-corrected chi connectivity index (χ3v) is 6.22. The van der Waals surface area contributed by atoms with Crippen molar-refractivity contribution in [2.24, 2.45) is 0 Å². The Morgan fingerprint density at radius 1 is 1.00 bits per heavy atom. The van der Waals surface area contributed by atoms with Crippen LogP contribution in [-0.2, 0) is 15.1 Å². The van der Waals surface area contributed by atoms with Gasteiger partial charge in [-0.15, -0.1) is 11.3 Å². The smallest absolute Gasteiger partial charge is 0.324 e. The van der Waals surface area contributed by atoms with Gasteiger partial charge in [0, 0.05) is 11.4 Å². The first-order valence-corrected chi connectivity index (χ1v) is 11.1. The summed E-state index contributed by atoms with van der Waals surface area (Å²) >= 11 is 1.32. The first-order valence-electron chi connectivity index (χ1n) is 10.2. The Kier molecular flexibility index (Phi) is 5.97. The number of amides is 5. The Morgan fingerprint density at radius 2 is 1.70 bits per heavy atom. The van der Waals surface area contributed by atoms with Gasteiger partial charge < -0.3 is 16.0 Å². The van der Waals surface area contributed by atoms with Gasteiger partial charge in [-0.05, 0) is 49.1 Å².